The molecule has 8 heteroatoms. The molecule has 31 heavy (non-hydrogen) atoms. The van der Waals surface area contributed by atoms with Crippen LogP contribution >= 0.6 is 15.9 Å². The Morgan fingerprint density at radius 3 is 1.77 bits per heavy atom. The number of amides is 1. The van der Waals surface area contributed by atoms with Crippen molar-refractivity contribution in [2.45, 2.75) is 0 Å². The van der Waals surface area contributed by atoms with Crippen LogP contribution in [0.4, 0.5) is 5.69 Å². The summed E-state index contributed by atoms with van der Waals surface area (Å²) in [5, 5.41) is 2.77. The molecule has 0 spiro atoms. The number of methoxy groups -OCH3 is 3. The Morgan fingerprint density at radius 1 is 0.742 bits per heavy atom. The molecule has 1 N–H and O–H groups in total. The second kappa shape index (κ2) is 9.99. The summed E-state index contributed by atoms with van der Waals surface area (Å²) in [6, 6.07) is 16.3. The number of rotatable bonds is 7. The fourth-order valence-electron chi connectivity index (χ4n) is 2.70. The number of ether oxygens (including phenoxy) is 4. The van der Waals surface area contributed by atoms with Crippen molar-refractivity contribution in [3.63, 3.8) is 0 Å². The lowest BCUT2D eigenvalue weighted by Crippen LogP contribution is -2.15. The molecule has 0 fully saturated rings. The molecule has 0 heterocycles. The van der Waals surface area contributed by atoms with Crippen molar-refractivity contribution in [3.8, 4) is 23.0 Å². The van der Waals surface area contributed by atoms with Crippen LogP contribution in [0.1, 0.15) is 20.7 Å². The van der Waals surface area contributed by atoms with Crippen molar-refractivity contribution in [3.05, 3.63) is 76.3 Å². The highest BCUT2D eigenvalue weighted by atomic mass is 79.9. The highest BCUT2D eigenvalue weighted by molar-refractivity contribution is 9.10. The summed E-state index contributed by atoms with van der Waals surface area (Å²) >= 11 is 3.38. The maximum Gasteiger partial charge on any atom is 0.343 e. The van der Waals surface area contributed by atoms with Gasteiger partial charge in [0.1, 0.15) is 17.2 Å². The zero-order chi connectivity index (χ0) is 22.4. The quantitative estimate of drug-likeness (QED) is 0.376. The third-order valence-electron chi connectivity index (χ3n) is 4.37. The lowest BCUT2D eigenvalue weighted by atomic mass is 10.2. The van der Waals surface area contributed by atoms with Gasteiger partial charge in [-0.1, -0.05) is 0 Å². The minimum absolute atomic E-state index is 0.156. The number of hydrogen-bond acceptors (Lipinski definition) is 6. The van der Waals surface area contributed by atoms with Crippen molar-refractivity contribution in [1.29, 1.82) is 0 Å². The molecular formula is C23H20BrNO6. The van der Waals surface area contributed by atoms with Gasteiger partial charge < -0.3 is 24.3 Å². The molecule has 1 amide bonds. The van der Waals surface area contributed by atoms with Gasteiger partial charge in [-0.25, -0.2) is 4.79 Å². The van der Waals surface area contributed by atoms with Gasteiger partial charge in [0.2, 0.25) is 0 Å². The number of carbonyl (C=O) groups is 2. The van der Waals surface area contributed by atoms with Crippen LogP contribution in [0.2, 0.25) is 0 Å². The Bertz CT molecular complexity index is 1080. The Hall–Kier alpha value is -3.52. The molecule has 3 aromatic rings. The molecule has 0 aliphatic carbocycles. The van der Waals surface area contributed by atoms with E-state index in [4.69, 9.17) is 18.9 Å². The normalized spacial score (nSPS) is 10.2. The van der Waals surface area contributed by atoms with Gasteiger partial charge in [0.15, 0.2) is 5.75 Å². The fourth-order valence-corrected chi connectivity index (χ4v) is 3.22. The van der Waals surface area contributed by atoms with Crippen LogP contribution in [-0.2, 0) is 0 Å². The molecule has 0 aliphatic rings. The third-order valence-corrected chi connectivity index (χ3v) is 4.96. The number of nitrogens with one attached hydrogen (secondary N) is 1. The van der Waals surface area contributed by atoms with E-state index in [-0.39, 0.29) is 17.3 Å². The smallest absolute Gasteiger partial charge is 0.343 e. The van der Waals surface area contributed by atoms with Crippen molar-refractivity contribution >= 4 is 33.5 Å². The van der Waals surface area contributed by atoms with E-state index in [1.54, 1.807) is 74.9 Å². The maximum atomic E-state index is 12.7. The molecule has 7 nitrogen and oxygen atoms in total. The number of halogens is 1. The van der Waals surface area contributed by atoms with E-state index in [1.165, 1.54) is 7.11 Å². The van der Waals surface area contributed by atoms with E-state index in [1.807, 2.05) is 0 Å². The van der Waals surface area contributed by atoms with Gasteiger partial charge in [0.25, 0.3) is 5.91 Å². The first kappa shape index (κ1) is 22.2. The summed E-state index contributed by atoms with van der Waals surface area (Å²) in [7, 11) is 4.59. The highest BCUT2D eigenvalue weighted by Crippen LogP contribution is 2.38. The Labute approximate surface area is 188 Å². The Balaban J connectivity index is 1.88. The SMILES string of the molecule is COc1ccc(C(=O)Nc2cc(OC)cc(Br)c2OC(=O)c2ccc(OC)cc2)cc1. The lowest BCUT2D eigenvalue weighted by Gasteiger charge is -2.15. The predicted molar refractivity (Wildman–Crippen MR) is 120 cm³/mol. The Morgan fingerprint density at radius 2 is 1.26 bits per heavy atom. The highest BCUT2D eigenvalue weighted by Gasteiger charge is 2.19. The van der Waals surface area contributed by atoms with Gasteiger partial charge in [-0.05, 0) is 70.5 Å². The van der Waals surface area contributed by atoms with E-state index in [0.717, 1.165) is 0 Å². The van der Waals surface area contributed by atoms with E-state index in [9.17, 15) is 9.59 Å². The first-order chi connectivity index (χ1) is 14.9. The average Bonchev–Trinajstić information content (AvgIpc) is 2.80. The molecular weight excluding hydrogens is 466 g/mol. The second-order valence-corrected chi connectivity index (χ2v) is 7.14. The standard InChI is InChI=1S/C23H20BrNO6/c1-28-16-8-4-14(5-9-16)22(26)25-20-13-18(30-3)12-19(24)21(20)31-23(27)15-6-10-17(29-2)11-7-15/h4-13H,1-3H3,(H,25,26). The number of carbonyl (C=O) groups excluding carboxylic acids is 2. The van der Waals surface area contributed by atoms with Crippen molar-refractivity contribution in [2.24, 2.45) is 0 Å². The maximum absolute atomic E-state index is 12.7. The van der Waals surface area contributed by atoms with Gasteiger partial charge in [-0.3, -0.25) is 4.79 Å². The summed E-state index contributed by atoms with van der Waals surface area (Å²) in [4.78, 5) is 25.4. The van der Waals surface area contributed by atoms with E-state index < -0.39 is 5.97 Å². The molecule has 0 saturated carbocycles. The molecule has 160 valence electrons. The van der Waals surface area contributed by atoms with Gasteiger partial charge in [0.05, 0.1) is 37.1 Å². The molecule has 0 aromatic heterocycles. The number of esters is 1. The van der Waals surface area contributed by atoms with E-state index in [2.05, 4.69) is 21.2 Å². The molecule has 0 saturated heterocycles. The zero-order valence-electron chi connectivity index (χ0n) is 17.1. The van der Waals surface area contributed by atoms with Crippen LogP contribution < -0.4 is 24.3 Å². The fraction of sp³-hybridized carbons (Fsp3) is 0.130. The van der Waals surface area contributed by atoms with Gasteiger partial charge in [-0.15, -0.1) is 0 Å². The summed E-state index contributed by atoms with van der Waals surface area (Å²) in [5.41, 5.74) is 1.01. The first-order valence-electron chi connectivity index (χ1n) is 9.14. The monoisotopic (exact) mass is 485 g/mol. The van der Waals surface area contributed by atoms with E-state index in [0.29, 0.717) is 32.8 Å². The van der Waals surface area contributed by atoms with Gasteiger partial charge in [0, 0.05) is 11.6 Å². The molecule has 0 aliphatic heterocycles. The third kappa shape index (κ3) is 5.35. The number of anilines is 1. The topological polar surface area (TPSA) is 83.1 Å². The van der Waals surface area contributed by atoms with Crippen LogP contribution in [0.3, 0.4) is 0 Å². The van der Waals surface area contributed by atoms with Gasteiger partial charge in [-0.2, -0.15) is 0 Å². The van der Waals surface area contributed by atoms with Crippen molar-refractivity contribution in [1.82, 2.24) is 0 Å². The summed E-state index contributed by atoms with van der Waals surface area (Å²) in [6.07, 6.45) is 0. The minimum atomic E-state index is -0.589. The van der Waals surface area contributed by atoms with Gasteiger partial charge >= 0.3 is 5.97 Å². The molecule has 0 unspecified atom stereocenters. The van der Waals surface area contributed by atoms with Crippen molar-refractivity contribution < 1.29 is 28.5 Å². The van der Waals surface area contributed by atoms with Crippen LogP contribution in [0, 0.1) is 0 Å². The van der Waals surface area contributed by atoms with Crippen LogP contribution in [0.5, 0.6) is 23.0 Å². The van der Waals surface area contributed by atoms with Crippen LogP contribution in [0.25, 0.3) is 0 Å². The minimum Gasteiger partial charge on any atom is -0.497 e. The molecule has 3 rings (SSSR count). The number of benzene rings is 3. The summed E-state index contributed by atoms with van der Waals surface area (Å²) in [5.74, 6) is 0.909. The average molecular weight is 486 g/mol. The first-order valence-corrected chi connectivity index (χ1v) is 9.93. The predicted octanol–water partition coefficient (Wildman–Crippen LogP) is 4.95. The Kier molecular flexibility index (Phi) is 7.15. The number of hydrogen-bond donors (Lipinski definition) is 1. The second-order valence-electron chi connectivity index (χ2n) is 6.29. The molecule has 0 bridgehead atoms. The summed E-state index contributed by atoms with van der Waals surface area (Å²) < 4.78 is 21.5. The zero-order valence-corrected chi connectivity index (χ0v) is 18.7. The molecule has 0 radical (unpaired) electrons. The lowest BCUT2D eigenvalue weighted by molar-refractivity contribution is 0.0733. The van der Waals surface area contributed by atoms with Crippen LogP contribution in [-0.4, -0.2) is 33.2 Å². The molecule has 0 atom stereocenters. The van der Waals surface area contributed by atoms with E-state index >= 15 is 0 Å². The molecule has 3 aromatic carbocycles. The largest absolute Gasteiger partial charge is 0.497 e. The van der Waals surface area contributed by atoms with Crippen molar-refractivity contribution in [2.75, 3.05) is 26.6 Å². The van der Waals surface area contributed by atoms with Crippen LogP contribution in [0.15, 0.2) is 65.1 Å². The summed E-state index contributed by atoms with van der Waals surface area (Å²) in [6.45, 7) is 0.